The van der Waals surface area contributed by atoms with Crippen molar-refractivity contribution in [2.45, 2.75) is 25.9 Å². The Balaban J connectivity index is 0.00000243. The molecular formula is C16H20Cl2FN5O2. The fourth-order valence-electron chi connectivity index (χ4n) is 2.81. The highest BCUT2D eigenvalue weighted by Gasteiger charge is 2.26. The molecule has 26 heavy (non-hydrogen) atoms. The molecule has 1 aliphatic heterocycles. The van der Waals surface area contributed by atoms with Crippen molar-refractivity contribution >= 4 is 35.6 Å². The van der Waals surface area contributed by atoms with E-state index in [0.29, 0.717) is 23.9 Å². The third-order valence-corrected chi connectivity index (χ3v) is 4.48. The Kier molecular flexibility index (Phi) is 7.33. The molecule has 1 fully saturated rings. The summed E-state index contributed by atoms with van der Waals surface area (Å²) in [4.78, 5) is 18.7. The van der Waals surface area contributed by atoms with E-state index in [2.05, 4.69) is 20.4 Å². The first kappa shape index (κ1) is 20.6. The highest BCUT2D eigenvalue weighted by atomic mass is 35.5. The van der Waals surface area contributed by atoms with Crippen LogP contribution in [-0.2, 0) is 17.9 Å². The van der Waals surface area contributed by atoms with Gasteiger partial charge < -0.3 is 15.6 Å². The summed E-state index contributed by atoms with van der Waals surface area (Å²) in [5.74, 6) is 0.344. The Morgan fingerprint density at radius 1 is 1.42 bits per heavy atom. The zero-order valence-electron chi connectivity index (χ0n) is 14.0. The number of hydrogen-bond acceptors (Lipinski definition) is 6. The predicted octanol–water partition coefficient (Wildman–Crippen LogP) is 2.59. The zero-order chi connectivity index (χ0) is 17.8. The van der Waals surface area contributed by atoms with Crippen molar-refractivity contribution in [1.29, 1.82) is 0 Å². The maximum Gasteiger partial charge on any atom is 0.240 e. The Labute approximate surface area is 161 Å². The summed E-state index contributed by atoms with van der Waals surface area (Å²) >= 11 is 5.73. The quantitative estimate of drug-likeness (QED) is 0.795. The van der Waals surface area contributed by atoms with Crippen molar-refractivity contribution in [2.75, 3.05) is 18.4 Å². The monoisotopic (exact) mass is 403 g/mol. The lowest BCUT2D eigenvalue weighted by Gasteiger charge is -2.30. The van der Waals surface area contributed by atoms with E-state index in [0.717, 1.165) is 25.9 Å². The number of anilines is 1. The van der Waals surface area contributed by atoms with Crippen LogP contribution in [0.1, 0.15) is 24.6 Å². The summed E-state index contributed by atoms with van der Waals surface area (Å²) in [5.41, 5.74) is 5.95. The maximum atomic E-state index is 13.2. The summed E-state index contributed by atoms with van der Waals surface area (Å²) in [7, 11) is 0. The van der Waals surface area contributed by atoms with Crippen molar-refractivity contribution in [3.05, 3.63) is 40.8 Å². The molecule has 1 saturated heterocycles. The number of carbonyl (C=O) groups excluding carboxylic acids is 1. The molecule has 2 heterocycles. The van der Waals surface area contributed by atoms with Gasteiger partial charge in [-0.15, -0.1) is 12.4 Å². The number of benzene rings is 1. The molecule has 7 nitrogen and oxygen atoms in total. The molecule has 142 valence electrons. The first-order chi connectivity index (χ1) is 12.0. The second kappa shape index (κ2) is 9.27. The number of piperidine rings is 1. The molecule has 1 aliphatic rings. The molecule has 0 aliphatic carbocycles. The van der Waals surface area contributed by atoms with Crippen LogP contribution in [0.3, 0.4) is 0 Å². The van der Waals surface area contributed by atoms with Crippen LogP contribution in [0, 0.1) is 11.7 Å². The van der Waals surface area contributed by atoms with Gasteiger partial charge in [-0.25, -0.2) is 4.39 Å². The fraction of sp³-hybridized carbons (Fsp3) is 0.438. The molecule has 0 atom stereocenters. The van der Waals surface area contributed by atoms with Crippen molar-refractivity contribution in [3.8, 4) is 0 Å². The lowest BCUT2D eigenvalue weighted by molar-refractivity contribution is -0.121. The molecule has 0 radical (unpaired) electrons. The van der Waals surface area contributed by atoms with Crippen LogP contribution in [0.5, 0.6) is 0 Å². The van der Waals surface area contributed by atoms with E-state index in [-0.39, 0.29) is 35.8 Å². The number of nitrogens with one attached hydrogen (secondary N) is 1. The number of aromatic nitrogens is 2. The normalized spacial score (nSPS) is 15.5. The molecule has 1 amide bonds. The van der Waals surface area contributed by atoms with E-state index in [1.165, 1.54) is 18.2 Å². The van der Waals surface area contributed by atoms with E-state index in [9.17, 15) is 9.18 Å². The van der Waals surface area contributed by atoms with Crippen LogP contribution in [-0.4, -0.2) is 34.0 Å². The van der Waals surface area contributed by atoms with Gasteiger partial charge in [0.2, 0.25) is 11.8 Å². The molecule has 1 aromatic heterocycles. The summed E-state index contributed by atoms with van der Waals surface area (Å²) < 4.78 is 18.1. The second-order valence-electron chi connectivity index (χ2n) is 5.98. The highest BCUT2D eigenvalue weighted by molar-refractivity contribution is 6.31. The number of rotatable bonds is 5. The third kappa shape index (κ3) is 5.14. The molecule has 0 spiro atoms. The van der Waals surface area contributed by atoms with Gasteiger partial charge >= 0.3 is 0 Å². The van der Waals surface area contributed by atoms with Crippen LogP contribution in [0.25, 0.3) is 0 Å². The maximum absolute atomic E-state index is 13.2. The Bertz CT molecular complexity index is 750. The predicted molar refractivity (Wildman–Crippen MR) is 97.5 cm³/mol. The fourth-order valence-corrected chi connectivity index (χ4v) is 2.99. The lowest BCUT2D eigenvalue weighted by Crippen LogP contribution is -2.38. The molecule has 1 aromatic carbocycles. The van der Waals surface area contributed by atoms with Gasteiger partial charge in [0.15, 0.2) is 5.82 Å². The van der Waals surface area contributed by atoms with Gasteiger partial charge in [0, 0.05) is 11.6 Å². The Morgan fingerprint density at radius 2 is 2.15 bits per heavy atom. The molecule has 2 aromatic rings. The van der Waals surface area contributed by atoms with Crippen molar-refractivity contribution in [1.82, 2.24) is 15.0 Å². The van der Waals surface area contributed by atoms with E-state index >= 15 is 0 Å². The lowest BCUT2D eigenvalue weighted by atomic mass is 9.96. The van der Waals surface area contributed by atoms with E-state index in [1.54, 1.807) is 0 Å². The average Bonchev–Trinajstić information content (AvgIpc) is 3.06. The number of hydrogen-bond donors (Lipinski definition) is 2. The van der Waals surface area contributed by atoms with Crippen LogP contribution in [0.4, 0.5) is 10.1 Å². The SMILES string of the molecule is Cl.NCc1nc(CN2CCC(C(=O)Nc3ccc(F)c(Cl)c3)CC2)no1. The van der Waals surface area contributed by atoms with Gasteiger partial charge in [-0.1, -0.05) is 16.8 Å². The number of carbonyl (C=O) groups is 1. The van der Waals surface area contributed by atoms with E-state index in [4.69, 9.17) is 21.9 Å². The summed E-state index contributed by atoms with van der Waals surface area (Å²) in [5, 5.41) is 6.66. The van der Waals surface area contributed by atoms with Gasteiger partial charge in [-0.05, 0) is 44.1 Å². The van der Waals surface area contributed by atoms with E-state index < -0.39 is 5.82 Å². The topological polar surface area (TPSA) is 97.3 Å². The Hall–Kier alpha value is -1.74. The summed E-state index contributed by atoms with van der Waals surface area (Å²) in [6, 6.07) is 4.15. The number of nitrogens with two attached hydrogens (primary N) is 1. The molecule has 0 bridgehead atoms. The first-order valence-corrected chi connectivity index (χ1v) is 8.42. The average molecular weight is 404 g/mol. The van der Waals surface area contributed by atoms with Crippen LogP contribution in [0.15, 0.2) is 22.7 Å². The van der Waals surface area contributed by atoms with Gasteiger partial charge in [0.25, 0.3) is 0 Å². The first-order valence-electron chi connectivity index (χ1n) is 8.05. The molecule has 3 N–H and O–H groups in total. The number of amides is 1. The van der Waals surface area contributed by atoms with Crippen LogP contribution >= 0.6 is 24.0 Å². The minimum absolute atomic E-state index is 0. The standard InChI is InChI=1S/C16H19ClFN5O2.ClH/c17-12-7-11(1-2-13(12)18)20-16(24)10-3-5-23(6-4-10)9-14-21-15(8-19)25-22-14;/h1-2,7,10H,3-6,8-9,19H2,(H,20,24);1H. The van der Waals surface area contributed by atoms with E-state index in [1.807, 2.05) is 0 Å². The number of likely N-dealkylation sites (tertiary alicyclic amines) is 1. The molecule has 0 unspecified atom stereocenters. The third-order valence-electron chi connectivity index (χ3n) is 4.20. The summed E-state index contributed by atoms with van der Waals surface area (Å²) in [6.45, 7) is 2.32. The van der Waals surface area contributed by atoms with Crippen LogP contribution < -0.4 is 11.1 Å². The van der Waals surface area contributed by atoms with Crippen LogP contribution in [0.2, 0.25) is 5.02 Å². The summed E-state index contributed by atoms with van der Waals surface area (Å²) in [6.07, 6.45) is 1.45. The Morgan fingerprint density at radius 3 is 2.77 bits per heavy atom. The van der Waals surface area contributed by atoms with Crippen molar-refractivity contribution in [2.24, 2.45) is 11.7 Å². The zero-order valence-corrected chi connectivity index (χ0v) is 15.5. The van der Waals surface area contributed by atoms with Gasteiger partial charge in [0.05, 0.1) is 18.1 Å². The van der Waals surface area contributed by atoms with Crippen molar-refractivity contribution in [3.63, 3.8) is 0 Å². The van der Waals surface area contributed by atoms with Gasteiger partial charge in [-0.2, -0.15) is 4.98 Å². The van der Waals surface area contributed by atoms with Gasteiger partial charge in [-0.3, -0.25) is 9.69 Å². The smallest absolute Gasteiger partial charge is 0.240 e. The highest BCUT2D eigenvalue weighted by Crippen LogP contribution is 2.23. The second-order valence-corrected chi connectivity index (χ2v) is 6.38. The molecule has 3 rings (SSSR count). The van der Waals surface area contributed by atoms with Gasteiger partial charge in [0.1, 0.15) is 5.82 Å². The molecule has 10 heteroatoms. The number of nitrogens with zero attached hydrogens (tertiary/aromatic N) is 3. The number of halogens is 3. The van der Waals surface area contributed by atoms with Crippen molar-refractivity contribution < 1.29 is 13.7 Å². The largest absolute Gasteiger partial charge is 0.338 e. The minimum Gasteiger partial charge on any atom is -0.338 e. The molecule has 0 saturated carbocycles. The molecular weight excluding hydrogens is 384 g/mol. The minimum atomic E-state index is -0.507.